The normalized spacial score (nSPS) is 11.8. The zero-order chi connectivity index (χ0) is 15.9. The maximum Gasteiger partial charge on any atom is 0.278 e. The zero-order valence-electron chi connectivity index (χ0n) is 10.6. The van der Waals surface area contributed by atoms with Gasteiger partial charge in [-0.25, -0.2) is 4.52 Å². The molecule has 0 aliphatic carbocycles. The van der Waals surface area contributed by atoms with Gasteiger partial charge in [0.25, 0.3) is 15.6 Å². The third-order valence-electron chi connectivity index (χ3n) is 2.70. The highest BCUT2D eigenvalue weighted by Crippen LogP contribution is 2.29. The standard InChI is InChI=1S/C12H6Cl4N4OS/c13-7-3-1-6(2-4-7)8-5-22-11-18-10(19-20(8)11)17-9(21)12(14,15)16/h1-5H,(H,17,19,21). The highest BCUT2D eigenvalue weighted by atomic mass is 35.6. The van der Waals surface area contributed by atoms with Crippen LogP contribution in [0.2, 0.25) is 5.02 Å². The highest BCUT2D eigenvalue weighted by Gasteiger charge is 2.31. The lowest BCUT2D eigenvalue weighted by Crippen LogP contribution is -2.27. The van der Waals surface area contributed by atoms with E-state index < -0.39 is 9.70 Å². The molecule has 0 saturated carbocycles. The van der Waals surface area contributed by atoms with Crippen molar-refractivity contribution in [3.05, 3.63) is 34.7 Å². The number of nitrogens with zero attached hydrogens (tertiary/aromatic N) is 3. The van der Waals surface area contributed by atoms with Gasteiger partial charge in [-0.3, -0.25) is 10.1 Å². The Kier molecular flexibility index (Phi) is 4.22. The molecule has 1 N–H and O–H groups in total. The van der Waals surface area contributed by atoms with Gasteiger partial charge in [0.05, 0.1) is 5.69 Å². The van der Waals surface area contributed by atoms with E-state index >= 15 is 0 Å². The fraction of sp³-hybridized carbons (Fsp3) is 0.0833. The smallest absolute Gasteiger partial charge is 0.278 e. The van der Waals surface area contributed by atoms with Crippen molar-refractivity contribution in [2.75, 3.05) is 5.32 Å². The number of anilines is 1. The van der Waals surface area contributed by atoms with E-state index in [1.165, 1.54) is 11.3 Å². The molecule has 10 heteroatoms. The first kappa shape index (κ1) is 15.8. The lowest BCUT2D eigenvalue weighted by molar-refractivity contribution is -0.115. The number of rotatable bonds is 2. The Morgan fingerprint density at radius 3 is 2.55 bits per heavy atom. The average molecular weight is 396 g/mol. The molecule has 0 saturated heterocycles. The van der Waals surface area contributed by atoms with Crippen LogP contribution in [-0.2, 0) is 4.79 Å². The Hall–Kier alpha value is -1.05. The Labute approximate surface area is 148 Å². The first-order valence-corrected chi connectivity index (χ1v) is 8.22. The summed E-state index contributed by atoms with van der Waals surface area (Å²) in [6, 6.07) is 7.29. The number of carbonyl (C=O) groups is 1. The van der Waals surface area contributed by atoms with Crippen molar-refractivity contribution in [3.63, 3.8) is 0 Å². The molecule has 0 bridgehead atoms. The number of amides is 1. The fourth-order valence-corrected chi connectivity index (χ4v) is 2.82. The van der Waals surface area contributed by atoms with Gasteiger partial charge in [-0.05, 0) is 12.1 Å². The third-order valence-corrected chi connectivity index (χ3v) is 4.29. The molecular formula is C12H6Cl4N4OS. The summed E-state index contributed by atoms with van der Waals surface area (Å²) in [7, 11) is 0. The summed E-state index contributed by atoms with van der Waals surface area (Å²) in [6.45, 7) is 0. The third kappa shape index (κ3) is 3.16. The molecule has 0 atom stereocenters. The topological polar surface area (TPSA) is 59.3 Å². The Bertz CT molecular complexity index is 837. The number of nitrogens with one attached hydrogen (secondary N) is 1. The van der Waals surface area contributed by atoms with Crippen LogP contribution >= 0.6 is 57.7 Å². The second kappa shape index (κ2) is 5.86. The monoisotopic (exact) mass is 394 g/mol. The van der Waals surface area contributed by atoms with Gasteiger partial charge in [-0.1, -0.05) is 58.5 Å². The Balaban J connectivity index is 1.95. The number of alkyl halides is 3. The van der Waals surface area contributed by atoms with Gasteiger partial charge in [-0.2, -0.15) is 4.98 Å². The van der Waals surface area contributed by atoms with Gasteiger partial charge in [0.15, 0.2) is 0 Å². The molecule has 22 heavy (non-hydrogen) atoms. The second-order valence-electron chi connectivity index (χ2n) is 4.21. The van der Waals surface area contributed by atoms with E-state index in [4.69, 9.17) is 46.4 Å². The minimum atomic E-state index is -2.07. The molecule has 1 aromatic carbocycles. The molecule has 0 fully saturated rings. The quantitative estimate of drug-likeness (QED) is 0.653. The van der Waals surface area contributed by atoms with E-state index in [9.17, 15) is 4.79 Å². The second-order valence-corrected chi connectivity index (χ2v) is 7.76. The molecule has 0 spiro atoms. The summed E-state index contributed by atoms with van der Waals surface area (Å²) in [6.07, 6.45) is 0. The summed E-state index contributed by atoms with van der Waals surface area (Å²) in [5, 5.41) is 9.10. The van der Waals surface area contributed by atoms with E-state index in [1.807, 2.05) is 17.5 Å². The maximum atomic E-state index is 11.6. The maximum absolute atomic E-state index is 11.6. The number of benzene rings is 1. The summed E-state index contributed by atoms with van der Waals surface area (Å²) in [4.78, 5) is 16.4. The van der Waals surface area contributed by atoms with Crippen molar-refractivity contribution in [1.82, 2.24) is 14.6 Å². The van der Waals surface area contributed by atoms with Crippen LogP contribution in [0.15, 0.2) is 29.6 Å². The summed E-state index contributed by atoms with van der Waals surface area (Å²) in [5.74, 6) is -0.748. The molecular weight excluding hydrogens is 390 g/mol. The molecule has 0 aliphatic heterocycles. The van der Waals surface area contributed by atoms with Crippen molar-refractivity contribution in [2.24, 2.45) is 0 Å². The molecule has 0 radical (unpaired) electrons. The van der Waals surface area contributed by atoms with Gasteiger partial charge in [-0.15, -0.1) is 16.4 Å². The summed E-state index contributed by atoms with van der Waals surface area (Å²) in [5.41, 5.74) is 1.73. The van der Waals surface area contributed by atoms with Gasteiger partial charge >= 0.3 is 0 Å². The predicted octanol–water partition coefficient (Wildman–Crippen LogP) is 4.42. The van der Waals surface area contributed by atoms with Crippen LogP contribution in [0.4, 0.5) is 5.95 Å². The van der Waals surface area contributed by atoms with E-state index in [0.29, 0.717) is 9.98 Å². The molecule has 1 amide bonds. The van der Waals surface area contributed by atoms with Crippen LogP contribution in [0.3, 0.4) is 0 Å². The molecule has 0 unspecified atom stereocenters. The van der Waals surface area contributed by atoms with Crippen LogP contribution in [0, 0.1) is 0 Å². The largest absolute Gasteiger partial charge is 0.289 e. The number of aromatic nitrogens is 3. The van der Waals surface area contributed by atoms with Gasteiger partial charge in [0.2, 0.25) is 4.96 Å². The molecule has 5 nitrogen and oxygen atoms in total. The summed E-state index contributed by atoms with van der Waals surface area (Å²) < 4.78 is -0.473. The van der Waals surface area contributed by atoms with Crippen LogP contribution in [-0.4, -0.2) is 24.3 Å². The minimum Gasteiger partial charge on any atom is -0.289 e. The number of halogens is 4. The van der Waals surface area contributed by atoms with Crippen molar-refractivity contribution in [3.8, 4) is 11.3 Å². The van der Waals surface area contributed by atoms with Crippen LogP contribution in [0.1, 0.15) is 0 Å². The van der Waals surface area contributed by atoms with E-state index in [0.717, 1.165) is 11.3 Å². The minimum absolute atomic E-state index is 0.0680. The van der Waals surface area contributed by atoms with Gasteiger partial charge < -0.3 is 0 Å². The van der Waals surface area contributed by atoms with Gasteiger partial charge in [0.1, 0.15) is 0 Å². The zero-order valence-corrected chi connectivity index (χ0v) is 14.4. The van der Waals surface area contributed by atoms with Crippen molar-refractivity contribution in [1.29, 1.82) is 0 Å². The first-order chi connectivity index (χ1) is 10.3. The van der Waals surface area contributed by atoms with Gasteiger partial charge in [0, 0.05) is 16.0 Å². The lowest BCUT2D eigenvalue weighted by Gasteiger charge is -2.07. The molecule has 3 aromatic rings. The molecule has 114 valence electrons. The van der Waals surface area contributed by atoms with E-state index in [1.54, 1.807) is 16.6 Å². The number of fused-ring (bicyclic) bond motifs is 1. The van der Waals surface area contributed by atoms with Crippen LogP contribution in [0.5, 0.6) is 0 Å². The molecule has 0 aliphatic rings. The van der Waals surface area contributed by atoms with E-state index in [-0.39, 0.29) is 5.95 Å². The highest BCUT2D eigenvalue weighted by molar-refractivity contribution is 7.15. The number of thiazole rings is 1. The fourth-order valence-electron chi connectivity index (χ4n) is 1.73. The first-order valence-electron chi connectivity index (χ1n) is 5.83. The van der Waals surface area contributed by atoms with Crippen molar-refractivity contribution in [2.45, 2.75) is 3.79 Å². The average Bonchev–Trinajstić information content (AvgIpc) is 2.98. The number of hydrogen-bond donors (Lipinski definition) is 1. The number of hydrogen-bond acceptors (Lipinski definition) is 4. The SMILES string of the molecule is O=C(Nc1nc2scc(-c3ccc(Cl)cc3)n2n1)C(Cl)(Cl)Cl. The van der Waals surface area contributed by atoms with Crippen molar-refractivity contribution < 1.29 is 4.79 Å². The Morgan fingerprint density at radius 1 is 1.23 bits per heavy atom. The molecule has 2 heterocycles. The lowest BCUT2D eigenvalue weighted by atomic mass is 10.2. The summed E-state index contributed by atoms with van der Waals surface area (Å²) >= 11 is 23.7. The number of carbonyl (C=O) groups excluding carboxylic acids is 1. The van der Waals surface area contributed by atoms with Crippen molar-refractivity contribution >= 4 is 74.6 Å². The molecule has 3 rings (SSSR count). The van der Waals surface area contributed by atoms with E-state index in [2.05, 4.69) is 15.4 Å². The Morgan fingerprint density at radius 2 is 1.91 bits per heavy atom. The van der Waals surface area contributed by atoms with Crippen LogP contribution < -0.4 is 5.32 Å². The van der Waals surface area contributed by atoms with Crippen LogP contribution in [0.25, 0.3) is 16.2 Å². The predicted molar refractivity (Wildman–Crippen MR) is 90.2 cm³/mol. The molecule has 2 aromatic heterocycles.